The van der Waals surface area contributed by atoms with E-state index in [1.807, 2.05) is 0 Å². The van der Waals surface area contributed by atoms with Gasteiger partial charge in [-0.3, -0.25) is 0 Å². The summed E-state index contributed by atoms with van der Waals surface area (Å²) in [5.41, 5.74) is 5.95. The zero-order chi connectivity index (χ0) is 15.6. The Labute approximate surface area is 119 Å². The molecule has 0 saturated carbocycles. The molecule has 0 heterocycles. The van der Waals surface area contributed by atoms with Crippen molar-refractivity contribution in [2.45, 2.75) is 4.90 Å². The minimum Gasteiger partial charge on any atom is -0.495 e. The third kappa shape index (κ3) is 4.09. The molecule has 1 aromatic rings. The number of sulfonamides is 1. The van der Waals surface area contributed by atoms with Gasteiger partial charge in [0.1, 0.15) is 20.5 Å². The minimum atomic E-state index is -3.83. The van der Waals surface area contributed by atoms with E-state index in [1.54, 1.807) is 0 Å². The molecule has 0 aliphatic carbocycles. The summed E-state index contributed by atoms with van der Waals surface area (Å²) in [5.74, 6) is -0.128. The van der Waals surface area contributed by atoms with Gasteiger partial charge in [0.15, 0.2) is 0 Å². The van der Waals surface area contributed by atoms with Crippen molar-refractivity contribution in [3.05, 3.63) is 18.2 Å². The maximum atomic E-state index is 12.4. The lowest BCUT2D eigenvalue weighted by atomic mass is 10.3. The van der Waals surface area contributed by atoms with Gasteiger partial charge in [-0.25, -0.2) is 16.8 Å². The highest BCUT2D eigenvalue weighted by Gasteiger charge is 2.25. The number of sulfone groups is 1. The van der Waals surface area contributed by atoms with Crippen molar-refractivity contribution in [3.63, 3.8) is 0 Å². The molecule has 0 aromatic heterocycles. The lowest BCUT2D eigenvalue weighted by molar-refractivity contribution is 0.399. The maximum Gasteiger partial charge on any atom is 0.246 e. The van der Waals surface area contributed by atoms with Crippen LogP contribution in [0.5, 0.6) is 5.75 Å². The summed E-state index contributed by atoms with van der Waals surface area (Å²) in [7, 11) is -4.42. The van der Waals surface area contributed by atoms with Crippen LogP contribution in [0.25, 0.3) is 0 Å². The lowest BCUT2D eigenvalue weighted by Crippen LogP contribution is -2.31. The highest BCUT2D eigenvalue weighted by atomic mass is 32.2. The van der Waals surface area contributed by atoms with Gasteiger partial charge in [0, 0.05) is 31.6 Å². The molecule has 0 bridgehead atoms. The fourth-order valence-corrected chi connectivity index (χ4v) is 3.50. The summed E-state index contributed by atoms with van der Waals surface area (Å²) < 4.78 is 52.9. The van der Waals surface area contributed by atoms with Crippen molar-refractivity contribution >= 4 is 25.5 Å². The van der Waals surface area contributed by atoms with Gasteiger partial charge in [0.2, 0.25) is 10.0 Å². The molecule has 1 aromatic carbocycles. The second-order valence-electron chi connectivity index (χ2n) is 4.37. The number of methoxy groups -OCH3 is 1. The van der Waals surface area contributed by atoms with Crippen LogP contribution in [-0.2, 0) is 19.9 Å². The SMILES string of the molecule is COc1cc(N)ccc1S(=O)(=O)N(C)CCS(C)(=O)=O. The predicted octanol–water partition coefficient (Wildman–Crippen LogP) is -0.0575. The third-order valence-corrected chi connectivity index (χ3v) is 5.47. The number of benzene rings is 1. The molecule has 9 heteroatoms. The maximum absolute atomic E-state index is 12.4. The Morgan fingerprint density at radius 2 is 1.85 bits per heavy atom. The average Bonchev–Trinajstić information content (AvgIpc) is 2.34. The summed E-state index contributed by atoms with van der Waals surface area (Å²) in [6.07, 6.45) is 1.05. The van der Waals surface area contributed by atoms with Crippen LogP contribution in [0.15, 0.2) is 23.1 Å². The Morgan fingerprint density at radius 3 is 2.35 bits per heavy atom. The van der Waals surface area contributed by atoms with Crippen LogP contribution in [0.4, 0.5) is 5.69 Å². The number of ether oxygens (including phenoxy) is 1. The van der Waals surface area contributed by atoms with Crippen molar-refractivity contribution in [2.75, 3.05) is 38.4 Å². The Balaban J connectivity index is 3.10. The molecule has 0 radical (unpaired) electrons. The van der Waals surface area contributed by atoms with Gasteiger partial charge in [0.25, 0.3) is 0 Å². The fraction of sp³-hybridized carbons (Fsp3) is 0.455. The smallest absolute Gasteiger partial charge is 0.246 e. The number of nitrogens with zero attached hydrogens (tertiary/aromatic N) is 1. The molecule has 1 rings (SSSR count). The molecule has 0 saturated heterocycles. The van der Waals surface area contributed by atoms with Crippen molar-refractivity contribution in [1.29, 1.82) is 0 Å². The van der Waals surface area contributed by atoms with E-state index in [4.69, 9.17) is 10.5 Å². The van der Waals surface area contributed by atoms with Crippen LogP contribution in [0.2, 0.25) is 0 Å². The van der Waals surface area contributed by atoms with Gasteiger partial charge in [-0.2, -0.15) is 4.31 Å². The second-order valence-corrected chi connectivity index (χ2v) is 8.64. The van der Waals surface area contributed by atoms with Gasteiger partial charge < -0.3 is 10.5 Å². The summed E-state index contributed by atoms with van der Waals surface area (Å²) >= 11 is 0. The van der Waals surface area contributed by atoms with Gasteiger partial charge in [0.05, 0.1) is 12.9 Å². The fourth-order valence-electron chi connectivity index (χ4n) is 1.48. The third-order valence-electron chi connectivity index (χ3n) is 2.65. The Bertz CT molecular complexity index is 683. The van der Waals surface area contributed by atoms with E-state index in [0.29, 0.717) is 5.69 Å². The van der Waals surface area contributed by atoms with Crippen molar-refractivity contribution in [1.82, 2.24) is 4.31 Å². The molecule has 0 fully saturated rings. The van der Waals surface area contributed by atoms with E-state index in [1.165, 1.54) is 32.4 Å². The zero-order valence-electron chi connectivity index (χ0n) is 11.5. The molecule has 20 heavy (non-hydrogen) atoms. The molecule has 0 amide bonds. The lowest BCUT2D eigenvalue weighted by Gasteiger charge is -2.18. The van der Waals surface area contributed by atoms with Gasteiger partial charge in [-0.1, -0.05) is 0 Å². The molecule has 0 aliphatic heterocycles. The summed E-state index contributed by atoms with van der Waals surface area (Å²) in [5, 5.41) is 0. The van der Waals surface area contributed by atoms with Crippen LogP contribution in [0.3, 0.4) is 0 Å². The molecule has 0 spiro atoms. The first-order valence-corrected chi connectivity index (χ1v) is 9.15. The Hall–Kier alpha value is -1.32. The molecular weight excluding hydrogens is 304 g/mol. The van der Waals surface area contributed by atoms with Crippen LogP contribution in [-0.4, -0.2) is 53.9 Å². The quantitative estimate of drug-likeness (QED) is 0.736. The number of nitrogen functional groups attached to an aromatic ring is 1. The number of rotatable bonds is 6. The first kappa shape index (κ1) is 16.7. The molecule has 114 valence electrons. The molecular formula is C11H18N2O5S2. The largest absolute Gasteiger partial charge is 0.495 e. The monoisotopic (exact) mass is 322 g/mol. The topological polar surface area (TPSA) is 107 Å². The summed E-state index contributed by atoms with van der Waals surface area (Å²) in [6, 6.07) is 4.18. The molecule has 0 atom stereocenters. The summed E-state index contributed by atoms with van der Waals surface area (Å²) in [4.78, 5) is -0.0507. The van der Waals surface area contributed by atoms with Gasteiger partial charge >= 0.3 is 0 Å². The minimum absolute atomic E-state index is 0.0507. The van der Waals surface area contributed by atoms with E-state index in [0.717, 1.165) is 10.6 Å². The molecule has 2 N–H and O–H groups in total. The molecule has 0 unspecified atom stereocenters. The first-order chi connectivity index (χ1) is 9.08. The van der Waals surface area contributed by atoms with Crippen LogP contribution in [0, 0.1) is 0 Å². The Kier molecular flexibility index (Phi) is 5.00. The van der Waals surface area contributed by atoms with E-state index in [9.17, 15) is 16.8 Å². The second kappa shape index (κ2) is 5.98. The van der Waals surface area contributed by atoms with E-state index in [-0.39, 0.29) is 22.9 Å². The first-order valence-electron chi connectivity index (χ1n) is 5.65. The van der Waals surface area contributed by atoms with Crippen LogP contribution >= 0.6 is 0 Å². The standard InChI is InChI=1S/C11H18N2O5S2/c1-13(6-7-19(3,14)15)20(16,17)11-5-4-9(12)8-10(11)18-2/h4-5,8H,6-7,12H2,1-3H3. The highest BCUT2D eigenvalue weighted by Crippen LogP contribution is 2.28. The van der Waals surface area contributed by atoms with Crippen molar-refractivity contribution in [3.8, 4) is 5.75 Å². The summed E-state index contributed by atoms with van der Waals surface area (Å²) in [6.45, 7) is -0.130. The Morgan fingerprint density at radius 1 is 1.25 bits per heavy atom. The van der Waals surface area contributed by atoms with Gasteiger partial charge in [-0.05, 0) is 12.1 Å². The number of hydrogen-bond acceptors (Lipinski definition) is 6. The number of hydrogen-bond donors (Lipinski definition) is 1. The number of anilines is 1. The average molecular weight is 322 g/mol. The molecule has 0 aliphatic rings. The molecule has 7 nitrogen and oxygen atoms in total. The number of nitrogens with two attached hydrogens (primary N) is 1. The van der Waals surface area contributed by atoms with E-state index in [2.05, 4.69) is 0 Å². The van der Waals surface area contributed by atoms with E-state index < -0.39 is 19.9 Å². The highest BCUT2D eigenvalue weighted by molar-refractivity contribution is 7.91. The predicted molar refractivity (Wildman–Crippen MR) is 76.9 cm³/mol. The van der Waals surface area contributed by atoms with Crippen LogP contribution in [0.1, 0.15) is 0 Å². The normalized spacial score (nSPS) is 12.6. The zero-order valence-corrected chi connectivity index (χ0v) is 13.2. The van der Waals surface area contributed by atoms with Crippen molar-refractivity contribution < 1.29 is 21.6 Å². The van der Waals surface area contributed by atoms with Gasteiger partial charge in [-0.15, -0.1) is 0 Å². The van der Waals surface area contributed by atoms with Crippen molar-refractivity contribution in [2.24, 2.45) is 0 Å². The van der Waals surface area contributed by atoms with E-state index >= 15 is 0 Å². The van der Waals surface area contributed by atoms with Crippen LogP contribution < -0.4 is 10.5 Å².